The van der Waals surface area contributed by atoms with Gasteiger partial charge < -0.3 is 0 Å². The van der Waals surface area contributed by atoms with E-state index in [0.717, 1.165) is 23.3 Å². The fourth-order valence-electron chi connectivity index (χ4n) is 1.41. The molecule has 1 rings (SSSR count). The van der Waals surface area contributed by atoms with Crippen molar-refractivity contribution in [1.82, 2.24) is 0 Å². The van der Waals surface area contributed by atoms with Crippen molar-refractivity contribution in [2.24, 2.45) is 0 Å². The highest BCUT2D eigenvalue weighted by molar-refractivity contribution is 8.13. The van der Waals surface area contributed by atoms with Crippen molar-refractivity contribution < 1.29 is 4.79 Å². The van der Waals surface area contributed by atoms with Gasteiger partial charge in [-0.25, -0.2) is 0 Å². The van der Waals surface area contributed by atoms with Crippen LogP contribution in [0.1, 0.15) is 30.0 Å². The molecule has 17 heavy (non-hydrogen) atoms. The Bertz CT molecular complexity index is 472. The van der Waals surface area contributed by atoms with Crippen molar-refractivity contribution in [1.29, 1.82) is 5.26 Å². The summed E-state index contributed by atoms with van der Waals surface area (Å²) in [6.07, 6.45) is 4.95. The molecule has 88 valence electrons. The number of hydrogen-bond donors (Lipinski definition) is 0. The second kappa shape index (κ2) is 6.93. The second-order valence-corrected chi connectivity index (χ2v) is 4.99. The molecular weight excluding hydrogens is 230 g/mol. The van der Waals surface area contributed by atoms with Gasteiger partial charge >= 0.3 is 0 Å². The summed E-state index contributed by atoms with van der Waals surface area (Å²) in [5.74, 6) is 0.821. The molecule has 0 unspecified atom stereocenters. The minimum atomic E-state index is 0.160. The molecule has 0 saturated carbocycles. The highest BCUT2D eigenvalue weighted by Gasteiger charge is 1.96. The highest BCUT2D eigenvalue weighted by Crippen LogP contribution is 2.12. The van der Waals surface area contributed by atoms with Gasteiger partial charge in [0.1, 0.15) is 0 Å². The first kappa shape index (κ1) is 13.5. The van der Waals surface area contributed by atoms with Crippen molar-refractivity contribution in [3.63, 3.8) is 0 Å². The van der Waals surface area contributed by atoms with Crippen LogP contribution in [0.4, 0.5) is 0 Å². The molecule has 0 fully saturated rings. The number of allylic oxidation sites excluding steroid dienone is 1. The molecule has 0 heterocycles. The van der Waals surface area contributed by atoms with E-state index < -0.39 is 0 Å². The monoisotopic (exact) mass is 245 g/mol. The van der Waals surface area contributed by atoms with Crippen molar-refractivity contribution in [3.8, 4) is 6.07 Å². The van der Waals surface area contributed by atoms with E-state index in [1.807, 2.05) is 31.2 Å². The minimum absolute atomic E-state index is 0.160. The summed E-state index contributed by atoms with van der Waals surface area (Å²) in [6, 6.07) is 7.90. The zero-order valence-corrected chi connectivity index (χ0v) is 10.9. The summed E-state index contributed by atoms with van der Waals surface area (Å²) in [5.41, 5.74) is 2.80. The first-order valence-electron chi connectivity index (χ1n) is 5.44. The predicted molar refractivity (Wildman–Crippen MR) is 72.7 cm³/mol. The molecule has 0 spiro atoms. The van der Waals surface area contributed by atoms with E-state index in [4.69, 9.17) is 5.26 Å². The van der Waals surface area contributed by atoms with Crippen LogP contribution in [0.3, 0.4) is 0 Å². The lowest BCUT2D eigenvalue weighted by atomic mass is 10.1. The van der Waals surface area contributed by atoms with Gasteiger partial charge in [0.05, 0.1) is 11.6 Å². The number of carbonyl (C=O) groups is 1. The van der Waals surface area contributed by atoms with Crippen molar-refractivity contribution >= 4 is 23.0 Å². The molecule has 0 radical (unpaired) electrons. The Hall–Kier alpha value is -1.53. The van der Waals surface area contributed by atoms with Crippen LogP contribution >= 0.6 is 11.8 Å². The van der Waals surface area contributed by atoms with Gasteiger partial charge in [-0.15, -0.1) is 0 Å². The third-order valence-electron chi connectivity index (χ3n) is 2.27. The predicted octanol–water partition coefficient (Wildman–Crippen LogP) is 3.55. The lowest BCUT2D eigenvalue weighted by molar-refractivity contribution is -0.109. The van der Waals surface area contributed by atoms with Crippen LogP contribution in [0.25, 0.3) is 6.08 Å². The molecule has 0 saturated heterocycles. The molecule has 0 aliphatic rings. The van der Waals surface area contributed by atoms with E-state index in [0.29, 0.717) is 5.56 Å². The van der Waals surface area contributed by atoms with Crippen molar-refractivity contribution in [3.05, 3.63) is 41.0 Å². The van der Waals surface area contributed by atoms with Gasteiger partial charge in [0.25, 0.3) is 0 Å². The van der Waals surface area contributed by atoms with Crippen molar-refractivity contribution in [2.45, 2.75) is 20.3 Å². The summed E-state index contributed by atoms with van der Waals surface area (Å²) in [7, 11) is 0. The van der Waals surface area contributed by atoms with Gasteiger partial charge in [0, 0.05) is 12.7 Å². The van der Waals surface area contributed by atoms with E-state index in [1.165, 1.54) is 11.8 Å². The zero-order valence-electron chi connectivity index (χ0n) is 10.1. The lowest BCUT2D eigenvalue weighted by Crippen LogP contribution is -1.84. The van der Waals surface area contributed by atoms with E-state index in [9.17, 15) is 4.79 Å². The van der Waals surface area contributed by atoms with Gasteiger partial charge in [-0.2, -0.15) is 5.26 Å². The van der Waals surface area contributed by atoms with Crippen LogP contribution < -0.4 is 0 Å². The minimum Gasteiger partial charge on any atom is -0.288 e. The van der Waals surface area contributed by atoms with Gasteiger partial charge in [0.15, 0.2) is 5.12 Å². The second-order valence-electron chi connectivity index (χ2n) is 3.72. The first-order valence-corrected chi connectivity index (χ1v) is 6.42. The molecule has 0 aliphatic carbocycles. The Morgan fingerprint density at radius 1 is 1.53 bits per heavy atom. The van der Waals surface area contributed by atoms with E-state index in [2.05, 4.69) is 12.1 Å². The normalized spacial score (nSPS) is 10.4. The highest BCUT2D eigenvalue weighted by atomic mass is 32.2. The maximum absolute atomic E-state index is 10.7. The number of aryl methyl sites for hydroxylation is 1. The Labute approximate surface area is 106 Å². The van der Waals surface area contributed by atoms with Gasteiger partial charge in [0.2, 0.25) is 0 Å². The van der Waals surface area contributed by atoms with Crippen LogP contribution in [0, 0.1) is 18.3 Å². The molecule has 0 aliphatic heterocycles. The van der Waals surface area contributed by atoms with Crippen LogP contribution in [-0.2, 0) is 4.79 Å². The molecule has 0 amide bonds. The Balaban J connectivity index is 2.52. The van der Waals surface area contributed by atoms with E-state index in [-0.39, 0.29) is 5.12 Å². The number of thioether (sulfide) groups is 1. The van der Waals surface area contributed by atoms with Gasteiger partial charge in [-0.1, -0.05) is 36.0 Å². The fourth-order valence-corrected chi connectivity index (χ4v) is 1.95. The SMILES string of the molecule is CC(=O)SCCC=Cc1ccc(C#N)c(C)c1. The third-order valence-corrected chi connectivity index (χ3v) is 3.12. The smallest absolute Gasteiger partial charge is 0.185 e. The maximum Gasteiger partial charge on any atom is 0.185 e. The zero-order chi connectivity index (χ0) is 12.7. The summed E-state index contributed by atoms with van der Waals surface area (Å²) >= 11 is 1.34. The summed E-state index contributed by atoms with van der Waals surface area (Å²) in [5, 5.41) is 8.96. The quantitative estimate of drug-likeness (QED) is 0.762. The number of benzene rings is 1. The van der Waals surface area contributed by atoms with Gasteiger partial charge in [-0.3, -0.25) is 4.79 Å². The molecule has 2 nitrogen and oxygen atoms in total. The fraction of sp³-hybridized carbons (Fsp3) is 0.286. The average Bonchev–Trinajstić information content (AvgIpc) is 2.28. The molecule has 1 aromatic carbocycles. The third kappa shape index (κ3) is 4.88. The summed E-state index contributed by atoms with van der Waals surface area (Å²) < 4.78 is 0. The Morgan fingerprint density at radius 2 is 2.29 bits per heavy atom. The Morgan fingerprint density at radius 3 is 2.88 bits per heavy atom. The van der Waals surface area contributed by atoms with Crippen LogP contribution in [0.5, 0.6) is 0 Å². The largest absolute Gasteiger partial charge is 0.288 e. The number of carbonyl (C=O) groups excluding carboxylic acids is 1. The van der Waals surface area contributed by atoms with Crippen LogP contribution in [0.2, 0.25) is 0 Å². The molecule has 0 N–H and O–H groups in total. The molecular formula is C14H15NOS. The lowest BCUT2D eigenvalue weighted by Gasteiger charge is -1.99. The number of hydrogen-bond acceptors (Lipinski definition) is 3. The van der Waals surface area contributed by atoms with E-state index in [1.54, 1.807) is 6.92 Å². The standard InChI is InChI=1S/C14H15NOS/c1-11-9-13(6-7-14(11)10-15)5-3-4-8-17-12(2)16/h3,5-7,9H,4,8H2,1-2H3. The van der Waals surface area contributed by atoms with E-state index >= 15 is 0 Å². The first-order chi connectivity index (χ1) is 8.13. The average molecular weight is 245 g/mol. The van der Waals surface area contributed by atoms with Crippen LogP contribution in [0.15, 0.2) is 24.3 Å². The molecule has 0 bridgehead atoms. The topological polar surface area (TPSA) is 40.9 Å². The number of rotatable bonds is 4. The molecule has 0 atom stereocenters. The summed E-state index contributed by atoms with van der Waals surface area (Å²) in [4.78, 5) is 10.7. The van der Waals surface area contributed by atoms with Crippen molar-refractivity contribution in [2.75, 3.05) is 5.75 Å². The van der Waals surface area contributed by atoms with Crippen LogP contribution in [-0.4, -0.2) is 10.9 Å². The maximum atomic E-state index is 10.7. The molecule has 1 aromatic rings. The summed E-state index contributed by atoms with van der Waals surface area (Å²) in [6.45, 7) is 3.51. The Kier molecular flexibility index (Phi) is 5.51. The number of nitriles is 1. The van der Waals surface area contributed by atoms with Gasteiger partial charge in [-0.05, 0) is 30.5 Å². The molecule has 3 heteroatoms. The number of nitrogens with zero attached hydrogens (tertiary/aromatic N) is 1. The molecule has 0 aromatic heterocycles.